The fourth-order valence-electron chi connectivity index (χ4n) is 2.47. The summed E-state index contributed by atoms with van der Waals surface area (Å²) in [5, 5.41) is 0.977. The van der Waals surface area contributed by atoms with Gasteiger partial charge in [-0.3, -0.25) is 4.79 Å². The van der Waals surface area contributed by atoms with Crippen LogP contribution in [0, 0.1) is 6.92 Å². The van der Waals surface area contributed by atoms with E-state index in [2.05, 4.69) is 18.0 Å². The molecule has 3 rings (SSSR count). The van der Waals surface area contributed by atoms with Crippen LogP contribution in [0.3, 0.4) is 0 Å². The second kappa shape index (κ2) is 4.43. The maximum atomic E-state index is 12.5. The van der Waals surface area contributed by atoms with Gasteiger partial charge in [-0.2, -0.15) is 0 Å². The average Bonchev–Trinajstić information content (AvgIpc) is 3.03. The number of ketones is 1. The molecular formula is C16H15NO2. The molecular weight excluding hydrogens is 238 g/mol. The van der Waals surface area contributed by atoms with Crippen LogP contribution in [0.2, 0.25) is 0 Å². The van der Waals surface area contributed by atoms with Crippen LogP contribution in [-0.4, -0.2) is 10.8 Å². The van der Waals surface area contributed by atoms with Crippen molar-refractivity contribution in [2.24, 2.45) is 0 Å². The Kier molecular flexibility index (Phi) is 2.75. The molecule has 3 heteroatoms. The van der Waals surface area contributed by atoms with Crippen LogP contribution in [0.15, 0.2) is 41.1 Å². The number of aromatic amines is 1. The molecule has 0 fully saturated rings. The van der Waals surface area contributed by atoms with Gasteiger partial charge in [0.15, 0.2) is 5.78 Å². The van der Waals surface area contributed by atoms with Crippen molar-refractivity contribution < 1.29 is 9.21 Å². The molecule has 0 spiro atoms. The zero-order chi connectivity index (χ0) is 13.4. The number of H-pyrrole nitrogens is 1. The SMILES string of the molecule is CCc1cccc2c(C(=O)c3ccoc3C)c[nH]c12. The van der Waals surface area contributed by atoms with Gasteiger partial charge in [0.25, 0.3) is 0 Å². The molecule has 96 valence electrons. The van der Waals surface area contributed by atoms with Crippen molar-refractivity contribution in [1.82, 2.24) is 4.98 Å². The van der Waals surface area contributed by atoms with Crippen molar-refractivity contribution in [3.05, 3.63) is 59.2 Å². The monoisotopic (exact) mass is 253 g/mol. The third kappa shape index (κ3) is 1.78. The number of benzene rings is 1. The van der Waals surface area contributed by atoms with E-state index >= 15 is 0 Å². The Morgan fingerprint density at radius 3 is 2.79 bits per heavy atom. The summed E-state index contributed by atoms with van der Waals surface area (Å²) in [7, 11) is 0. The van der Waals surface area contributed by atoms with Crippen molar-refractivity contribution in [2.45, 2.75) is 20.3 Å². The summed E-state index contributed by atoms with van der Waals surface area (Å²) >= 11 is 0. The Hall–Kier alpha value is -2.29. The van der Waals surface area contributed by atoms with Crippen LogP contribution in [0.25, 0.3) is 10.9 Å². The summed E-state index contributed by atoms with van der Waals surface area (Å²) < 4.78 is 5.21. The summed E-state index contributed by atoms with van der Waals surface area (Å²) in [4.78, 5) is 15.7. The lowest BCUT2D eigenvalue weighted by atomic mass is 10.0. The van der Waals surface area contributed by atoms with Crippen LogP contribution in [-0.2, 0) is 6.42 Å². The highest BCUT2D eigenvalue weighted by Gasteiger charge is 2.18. The van der Waals surface area contributed by atoms with E-state index in [0.717, 1.165) is 17.3 Å². The van der Waals surface area contributed by atoms with Gasteiger partial charge in [0.1, 0.15) is 5.76 Å². The van der Waals surface area contributed by atoms with Gasteiger partial charge in [-0.1, -0.05) is 25.1 Å². The lowest BCUT2D eigenvalue weighted by molar-refractivity contribution is 0.103. The smallest absolute Gasteiger partial charge is 0.198 e. The topological polar surface area (TPSA) is 46.0 Å². The van der Waals surface area contributed by atoms with Crippen LogP contribution in [0.5, 0.6) is 0 Å². The van der Waals surface area contributed by atoms with Crippen LogP contribution in [0.4, 0.5) is 0 Å². The van der Waals surface area contributed by atoms with Gasteiger partial charge in [0.05, 0.1) is 11.8 Å². The zero-order valence-corrected chi connectivity index (χ0v) is 11.0. The fraction of sp³-hybridized carbons (Fsp3) is 0.188. The van der Waals surface area contributed by atoms with Gasteiger partial charge in [-0.05, 0) is 25.0 Å². The first-order valence-corrected chi connectivity index (χ1v) is 6.40. The summed E-state index contributed by atoms with van der Waals surface area (Å²) in [6.07, 6.45) is 4.28. The van der Waals surface area contributed by atoms with Gasteiger partial charge in [0, 0.05) is 22.7 Å². The number of carbonyl (C=O) groups is 1. The predicted molar refractivity (Wildman–Crippen MR) is 74.6 cm³/mol. The van der Waals surface area contributed by atoms with E-state index in [-0.39, 0.29) is 5.78 Å². The molecule has 19 heavy (non-hydrogen) atoms. The molecule has 1 aromatic carbocycles. The number of hydrogen-bond donors (Lipinski definition) is 1. The lowest BCUT2D eigenvalue weighted by Gasteiger charge is -2.00. The van der Waals surface area contributed by atoms with E-state index in [0.29, 0.717) is 16.9 Å². The Bertz CT molecular complexity index is 749. The highest BCUT2D eigenvalue weighted by atomic mass is 16.3. The summed E-state index contributed by atoms with van der Waals surface area (Å²) in [5.41, 5.74) is 3.60. The van der Waals surface area contributed by atoms with Crippen LogP contribution < -0.4 is 0 Å². The molecule has 1 N–H and O–H groups in total. The molecule has 0 aliphatic heterocycles. The quantitative estimate of drug-likeness (QED) is 0.720. The van der Waals surface area contributed by atoms with Crippen molar-refractivity contribution in [3.63, 3.8) is 0 Å². The first kappa shape index (κ1) is 11.8. The first-order valence-electron chi connectivity index (χ1n) is 6.40. The molecule has 0 atom stereocenters. The number of hydrogen-bond acceptors (Lipinski definition) is 2. The molecule has 2 heterocycles. The molecule has 0 aliphatic rings. The highest BCUT2D eigenvalue weighted by Crippen LogP contribution is 2.25. The Morgan fingerprint density at radius 2 is 2.11 bits per heavy atom. The second-order valence-electron chi connectivity index (χ2n) is 4.62. The van der Waals surface area contributed by atoms with E-state index in [1.807, 2.05) is 12.1 Å². The van der Waals surface area contributed by atoms with Crippen molar-refractivity contribution in [2.75, 3.05) is 0 Å². The first-order chi connectivity index (χ1) is 9.22. The Labute approximate surface area is 111 Å². The van der Waals surface area contributed by atoms with Crippen molar-refractivity contribution >= 4 is 16.7 Å². The molecule has 0 amide bonds. The number of aromatic nitrogens is 1. The zero-order valence-electron chi connectivity index (χ0n) is 11.0. The number of furan rings is 1. The number of aryl methyl sites for hydroxylation is 2. The van der Waals surface area contributed by atoms with E-state index in [9.17, 15) is 4.79 Å². The molecule has 0 unspecified atom stereocenters. The number of nitrogens with one attached hydrogen (secondary N) is 1. The van der Waals surface area contributed by atoms with E-state index in [4.69, 9.17) is 4.42 Å². The molecule has 3 aromatic rings. The summed E-state index contributed by atoms with van der Waals surface area (Å²) in [6, 6.07) is 7.78. The summed E-state index contributed by atoms with van der Waals surface area (Å²) in [6.45, 7) is 3.91. The minimum Gasteiger partial charge on any atom is -0.469 e. The van der Waals surface area contributed by atoms with Gasteiger partial charge >= 0.3 is 0 Å². The Balaban J connectivity index is 2.17. The Morgan fingerprint density at radius 1 is 1.26 bits per heavy atom. The van der Waals surface area contributed by atoms with Gasteiger partial charge in [-0.25, -0.2) is 0 Å². The molecule has 0 saturated carbocycles. The lowest BCUT2D eigenvalue weighted by Crippen LogP contribution is -2.00. The van der Waals surface area contributed by atoms with Crippen LogP contribution in [0.1, 0.15) is 34.2 Å². The number of rotatable bonds is 3. The maximum Gasteiger partial charge on any atom is 0.198 e. The largest absolute Gasteiger partial charge is 0.469 e. The molecule has 2 aromatic heterocycles. The van der Waals surface area contributed by atoms with Crippen molar-refractivity contribution in [3.8, 4) is 0 Å². The van der Waals surface area contributed by atoms with Crippen molar-refractivity contribution in [1.29, 1.82) is 0 Å². The van der Waals surface area contributed by atoms with E-state index < -0.39 is 0 Å². The molecule has 0 bridgehead atoms. The third-order valence-corrected chi connectivity index (χ3v) is 3.53. The molecule has 3 nitrogen and oxygen atoms in total. The number of para-hydroxylation sites is 1. The molecule has 0 radical (unpaired) electrons. The van der Waals surface area contributed by atoms with E-state index in [1.54, 1.807) is 25.5 Å². The maximum absolute atomic E-state index is 12.5. The van der Waals surface area contributed by atoms with Gasteiger partial charge < -0.3 is 9.40 Å². The third-order valence-electron chi connectivity index (χ3n) is 3.53. The number of carbonyl (C=O) groups excluding carboxylic acids is 1. The fourth-order valence-corrected chi connectivity index (χ4v) is 2.47. The molecule has 0 saturated heterocycles. The standard InChI is InChI=1S/C16H15NO2/c1-3-11-5-4-6-13-14(9-17-15(11)13)16(18)12-7-8-19-10(12)2/h4-9,17H,3H2,1-2H3. The normalized spacial score (nSPS) is 11.1. The van der Waals surface area contributed by atoms with Gasteiger partial charge in [0.2, 0.25) is 0 Å². The number of fused-ring (bicyclic) bond motifs is 1. The van der Waals surface area contributed by atoms with E-state index in [1.165, 1.54) is 5.56 Å². The minimum atomic E-state index is 0.00533. The minimum absolute atomic E-state index is 0.00533. The van der Waals surface area contributed by atoms with Gasteiger partial charge in [-0.15, -0.1) is 0 Å². The second-order valence-corrected chi connectivity index (χ2v) is 4.62. The summed E-state index contributed by atoms with van der Waals surface area (Å²) in [5.74, 6) is 0.664. The molecule has 0 aliphatic carbocycles. The highest BCUT2D eigenvalue weighted by molar-refractivity contribution is 6.17. The van der Waals surface area contributed by atoms with Crippen LogP contribution >= 0.6 is 0 Å². The average molecular weight is 253 g/mol. The predicted octanol–water partition coefficient (Wildman–Crippen LogP) is 3.86.